The van der Waals surface area contributed by atoms with Gasteiger partial charge >= 0.3 is 0 Å². The van der Waals surface area contributed by atoms with Crippen LogP contribution in [-0.4, -0.2) is 41.5 Å². The molecule has 170 valence electrons. The number of carbonyl (C=O) groups is 1. The molecule has 0 fully saturated rings. The monoisotopic (exact) mass is 466 g/mol. The standard InChI is InChI=1S/C23H22N4O5S/c1-4-32-15-6-7-17-20(12-15)33-23(24-17)25-21(28)13-27-22(29)10-8-16(26-27)14-5-9-18(30-2)19(11-14)31-3/h5-12H,4,13H2,1-3H3,(H,24,25,28). The van der Waals surface area contributed by atoms with Gasteiger partial charge in [0.25, 0.3) is 5.56 Å². The molecule has 4 aromatic rings. The number of ether oxygens (including phenoxy) is 3. The van der Waals surface area contributed by atoms with Gasteiger partial charge in [0.1, 0.15) is 12.3 Å². The molecule has 4 rings (SSSR count). The fraction of sp³-hybridized carbons (Fsp3) is 0.217. The number of carbonyl (C=O) groups excluding carboxylic acids is 1. The van der Waals surface area contributed by atoms with Crippen molar-refractivity contribution in [3.05, 3.63) is 58.9 Å². The Bertz CT molecular complexity index is 1360. The van der Waals surface area contributed by atoms with E-state index < -0.39 is 5.91 Å². The average molecular weight is 467 g/mol. The number of rotatable bonds is 8. The number of hydrogen-bond donors (Lipinski definition) is 1. The van der Waals surface area contributed by atoms with Crippen LogP contribution in [0.5, 0.6) is 17.2 Å². The summed E-state index contributed by atoms with van der Waals surface area (Å²) in [5, 5.41) is 7.52. The molecule has 10 heteroatoms. The van der Waals surface area contributed by atoms with Crippen LogP contribution in [0.2, 0.25) is 0 Å². The van der Waals surface area contributed by atoms with E-state index >= 15 is 0 Å². The molecule has 0 aliphatic heterocycles. The molecular formula is C23H22N4O5S. The molecule has 0 unspecified atom stereocenters. The lowest BCUT2D eigenvalue weighted by Gasteiger charge is -2.10. The summed E-state index contributed by atoms with van der Waals surface area (Å²) in [5.74, 6) is 1.46. The van der Waals surface area contributed by atoms with Crippen molar-refractivity contribution < 1.29 is 19.0 Å². The Morgan fingerprint density at radius 3 is 2.64 bits per heavy atom. The van der Waals surface area contributed by atoms with Crippen molar-refractivity contribution in [3.63, 3.8) is 0 Å². The molecule has 2 aromatic heterocycles. The normalized spacial score (nSPS) is 10.8. The van der Waals surface area contributed by atoms with E-state index in [4.69, 9.17) is 14.2 Å². The first kappa shape index (κ1) is 22.3. The van der Waals surface area contributed by atoms with Crippen LogP contribution in [0.1, 0.15) is 6.92 Å². The summed E-state index contributed by atoms with van der Waals surface area (Å²) in [6, 6.07) is 13.8. The Morgan fingerprint density at radius 2 is 1.88 bits per heavy atom. The van der Waals surface area contributed by atoms with Crippen LogP contribution < -0.4 is 25.1 Å². The van der Waals surface area contributed by atoms with E-state index in [0.717, 1.165) is 26.2 Å². The van der Waals surface area contributed by atoms with Crippen molar-refractivity contribution in [1.82, 2.24) is 14.8 Å². The minimum atomic E-state index is -0.404. The predicted molar refractivity (Wildman–Crippen MR) is 126 cm³/mol. The highest BCUT2D eigenvalue weighted by atomic mass is 32.1. The van der Waals surface area contributed by atoms with E-state index in [1.54, 1.807) is 38.5 Å². The number of hydrogen-bond acceptors (Lipinski definition) is 8. The van der Waals surface area contributed by atoms with Gasteiger partial charge < -0.3 is 19.5 Å². The molecule has 2 aromatic carbocycles. The number of methoxy groups -OCH3 is 2. The van der Waals surface area contributed by atoms with Crippen LogP contribution >= 0.6 is 11.3 Å². The Morgan fingerprint density at radius 1 is 1.06 bits per heavy atom. The lowest BCUT2D eigenvalue weighted by molar-refractivity contribution is -0.117. The first-order chi connectivity index (χ1) is 16.0. The Kier molecular flexibility index (Phi) is 6.55. The second-order valence-corrected chi connectivity index (χ2v) is 7.94. The zero-order valence-electron chi connectivity index (χ0n) is 18.3. The third kappa shape index (κ3) is 4.96. The predicted octanol–water partition coefficient (Wildman–Crippen LogP) is 3.57. The smallest absolute Gasteiger partial charge is 0.267 e. The van der Waals surface area contributed by atoms with Gasteiger partial charge in [-0.3, -0.25) is 9.59 Å². The molecule has 0 atom stereocenters. The third-order valence-corrected chi connectivity index (χ3v) is 5.69. The molecule has 0 saturated heterocycles. The number of anilines is 1. The lowest BCUT2D eigenvalue weighted by atomic mass is 10.1. The van der Waals surface area contributed by atoms with Gasteiger partial charge in [-0.2, -0.15) is 5.10 Å². The maximum atomic E-state index is 12.6. The van der Waals surface area contributed by atoms with E-state index in [1.807, 2.05) is 25.1 Å². The number of aromatic nitrogens is 3. The van der Waals surface area contributed by atoms with Gasteiger partial charge in [0.05, 0.1) is 36.7 Å². The third-order valence-electron chi connectivity index (χ3n) is 4.76. The van der Waals surface area contributed by atoms with E-state index in [0.29, 0.717) is 28.9 Å². The summed E-state index contributed by atoms with van der Waals surface area (Å²) in [6.45, 7) is 2.23. The van der Waals surface area contributed by atoms with Crippen LogP contribution in [0, 0.1) is 0 Å². The molecule has 0 aliphatic rings. The first-order valence-corrected chi connectivity index (χ1v) is 11.0. The number of nitrogens with zero attached hydrogens (tertiary/aromatic N) is 3. The van der Waals surface area contributed by atoms with Crippen LogP contribution in [0.25, 0.3) is 21.5 Å². The summed E-state index contributed by atoms with van der Waals surface area (Å²) in [5.41, 5.74) is 1.61. The largest absolute Gasteiger partial charge is 0.494 e. The summed E-state index contributed by atoms with van der Waals surface area (Å²) in [7, 11) is 3.10. The van der Waals surface area contributed by atoms with Crippen LogP contribution in [-0.2, 0) is 11.3 Å². The zero-order chi connectivity index (χ0) is 23.4. The van der Waals surface area contributed by atoms with Gasteiger partial charge in [0.2, 0.25) is 5.91 Å². The number of thiazole rings is 1. The van der Waals surface area contributed by atoms with E-state index in [2.05, 4.69) is 15.4 Å². The highest BCUT2D eigenvalue weighted by molar-refractivity contribution is 7.22. The Labute approximate surface area is 193 Å². The molecule has 1 N–H and O–H groups in total. The van der Waals surface area contributed by atoms with Crippen LogP contribution in [0.15, 0.2) is 53.3 Å². The molecule has 0 spiro atoms. The maximum Gasteiger partial charge on any atom is 0.267 e. The minimum Gasteiger partial charge on any atom is -0.494 e. The van der Waals surface area contributed by atoms with Gasteiger partial charge in [0.15, 0.2) is 16.6 Å². The summed E-state index contributed by atoms with van der Waals surface area (Å²) < 4.78 is 18.1. The molecule has 0 radical (unpaired) electrons. The first-order valence-electron chi connectivity index (χ1n) is 10.1. The van der Waals surface area contributed by atoms with Crippen molar-refractivity contribution in [2.45, 2.75) is 13.5 Å². The second kappa shape index (κ2) is 9.70. The Balaban J connectivity index is 1.52. The van der Waals surface area contributed by atoms with Crippen molar-refractivity contribution >= 4 is 32.6 Å². The number of fused-ring (bicyclic) bond motifs is 1. The second-order valence-electron chi connectivity index (χ2n) is 6.91. The molecular weight excluding hydrogens is 444 g/mol. The fourth-order valence-electron chi connectivity index (χ4n) is 3.22. The highest BCUT2D eigenvalue weighted by Gasteiger charge is 2.13. The zero-order valence-corrected chi connectivity index (χ0v) is 19.1. The lowest BCUT2D eigenvalue weighted by Crippen LogP contribution is -2.29. The summed E-state index contributed by atoms with van der Waals surface area (Å²) in [4.78, 5) is 29.3. The molecule has 2 heterocycles. The maximum absolute atomic E-state index is 12.6. The number of benzene rings is 2. The molecule has 0 saturated carbocycles. The van der Waals surface area contributed by atoms with Gasteiger partial charge in [0, 0.05) is 11.6 Å². The SMILES string of the molecule is CCOc1ccc2nc(NC(=O)Cn3nc(-c4ccc(OC)c(OC)c4)ccc3=O)sc2c1. The number of amides is 1. The van der Waals surface area contributed by atoms with E-state index in [9.17, 15) is 9.59 Å². The summed E-state index contributed by atoms with van der Waals surface area (Å²) in [6.07, 6.45) is 0. The van der Waals surface area contributed by atoms with Crippen molar-refractivity contribution in [2.75, 3.05) is 26.1 Å². The van der Waals surface area contributed by atoms with E-state index in [1.165, 1.54) is 17.4 Å². The topological polar surface area (TPSA) is 105 Å². The quantitative estimate of drug-likeness (QED) is 0.423. The molecule has 9 nitrogen and oxygen atoms in total. The fourth-order valence-corrected chi connectivity index (χ4v) is 4.13. The van der Waals surface area contributed by atoms with Crippen molar-refractivity contribution in [3.8, 4) is 28.5 Å². The average Bonchev–Trinajstić information content (AvgIpc) is 3.21. The molecule has 0 aliphatic carbocycles. The number of nitrogens with one attached hydrogen (secondary N) is 1. The van der Waals surface area contributed by atoms with Crippen LogP contribution in [0.4, 0.5) is 5.13 Å². The van der Waals surface area contributed by atoms with Gasteiger partial charge in [-0.05, 0) is 49.4 Å². The molecule has 1 amide bonds. The van der Waals surface area contributed by atoms with Gasteiger partial charge in [-0.1, -0.05) is 11.3 Å². The van der Waals surface area contributed by atoms with Crippen LogP contribution in [0.3, 0.4) is 0 Å². The van der Waals surface area contributed by atoms with Gasteiger partial charge in [-0.15, -0.1) is 0 Å². The summed E-state index contributed by atoms with van der Waals surface area (Å²) >= 11 is 1.33. The van der Waals surface area contributed by atoms with Gasteiger partial charge in [-0.25, -0.2) is 9.67 Å². The van der Waals surface area contributed by atoms with Crippen molar-refractivity contribution in [1.29, 1.82) is 0 Å². The molecule has 33 heavy (non-hydrogen) atoms. The minimum absolute atomic E-state index is 0.250. The van der Waals surface area contributed by atoms with Crippen molar-refractivity contribution in [2.24, 2.45) is 0 Å². The van der Waals surface area contributed by atoms with E-state index in [-0.39, 0.29) is 12.1 Å². The Hall–Kier alpha value is -3.92. The molecule has 0 bridgehead atoms. The highest BCUT2D eigenvalue weighted by Crippen LogP contribution is 2.31.